The lowest BCUT2D eigenvalue weighted by Crippen LogP contribution is -2.48. The average Bonchev–Trinajstić information content (AvgIpc) is 2.75. The van der Waals surface area contributed by atoms with E-state index < -0.39 is 6.04 Å². The molecular formula is C24H30ClFN2O3. The van der Waals surface area contributed by atoms with E-state index in [0.29, 0.717) is 36.3 Å². The van der Waals surface area contributed by atoms with Crippen LogP contribution in [0.1, 0.15) is 39.2 Å². The first-order chi connectivity index (χ1) is 14.8. The highest BCUT2D eigenvalue weighted by Crippen LogP contribution is 2.17. The fourth-order valence-corrected chi connectivity index (χ4v) is 3.04. The standard InChI is InChI=1S/C24H30ClFN2O3/c1-17(2)15-27-24(30)18(3)28(16-19-6-10-21(26)11-7-19)23(29)5-4-14-31-22-12-8-20(25)9-13-22/h6-13,17-18H,4-5,14-16H2,1-3H3,(H,27,30). The van der Waals surface area contributed by atoms with Gasteiger partial charge in [0, 0.05) is 24.5 Å². The van der Waals surface area contributed by atoms with Gasteiger partial charge in [-0.2, -0.15) is 0 Å². The van der Waals surface area contributed by atoms with E-state index in [9.17, 15) is 14.0 Å². The third-order valence-corrected chi connectivity index (χ3v) is 4.99. The molecule has 7 heteroatoms. The topological polar surface area (TPSA) is 58.6 Å². The molecule has 1 N–H and O–H groups in total. The molecule has 0 heterocycles. The number of benzene rings is 2. The highest BCUT2D eigenvalue weighted by atomic mass is 35.5. The van der Waals surface area contributed by atoms with Gasteiger partial charge in [0.1, 0.15) is 17.6 Å². The van der Waals surface area contributed by atoms with Crippen LogP contribution in [0, 0.1) is 11.7 Å². The van der Waals surface area contributed by atoms with Crippen molar-refractivity contribution in [2.24, 2.45) is 5.92 Å². The molecule has 2 aromatic rings. The van der Waals surface area contributed by atoms with Gasteiger partial charge in [-0.05, 0) is 61.2 Å². The molecule has 0 aliphatic heterocycles. The summed E-state index contributed by atoms with van der Waals surface area (Å²) in [4.78, 5) is 27.1. The zero-order valence-corrected chi connectivity index (χ0v) is 19.0. The molecule has 0 aromatic heterocycles. The second-order valence-corrected chi connectivity index (χ2v) is 8.31. The Hall–Kier alpha value is -2.60. The van der Waals surface area contributed by atoms with E-state index in [-0.39, 0.29) is 30.6 Å². The Kier molecular flexibility index (Phi) is 9.79. The number of ether oxygens (including phenoxy) is 1. The molecule has 2 rings (SSSR count). The second kappa shape index (κ2) is 12.3. The molecule has 0 fully saturated rings. The lowest BCUT2D eigenvalue weighted by Gasteiger charge is -2.29. The van der Waals surface area contributed by atoms with Crippen molar-refractivity contribution in [3.8, 4) is 5.75 Å². The predicted molar refractivity (Wildman–Crippen MR) is 120 cm³/mol. The third kappa shape index (κ3) is 8.58. The number of nitrogens with zero attached hydrogens (tertiary/aromatic N) is 1. The van der Waals surface area contributed by atoms with Crippen molar-refractivity contribution in [3.05, 3.63) is 64.9 Å². The van der Waals surface area contributed by atoms with E-state index in [1.807, 2.05) is 13.8 Å². The first kappa shape index (κ1) is 24.7. The summed E-state index contributed by atoms with van der Waals surface area (Å²) in [6, 6.07) is 12.3. The van der Waals surface area contributed by atoms with Crippen molar-refractivity contribution >= 4 is 23.4 Å². The normalized spacial score (nSPS) is 11.8. The highest BCUT2D eigenvalue weighted by molar-refractivity contribution is 6.30. The number of rotatable bonds is 11. The predicted octanol–water partition coefficient (Wildman–Crippen LogP) is 4.83. The van der Waals surface area contributed by atoms with Crippen LogP contribution >= 0.6 is 11.6 Å². The molecule has 1 atom stereocenters. The van der Waals surface area contributed by atoms with Crippen LogP contribution in [0.4, 0.5) is 4.39 Å². The molecule has 0 radical (unpaired) electrons. The zero-order valence-electron chi connectivity index (χ0n) is 18.2. The maximum Gasteiger partial charge on any atom is 0.242 e. The summed E-state index contributed by atoms with van der Waals surface area (Å²) in [6.45, 7) is 6.86. The summed E-state index contributed by atoms with van der Waals surface area (Å²) < 4.78 is 18.9. The van der Waals surface area contributed by atoms with E-state index in [4.69, 9.17) is 16.3 Å². The Balaban J connectivity index is 1.97. The summed E-state index contributed by atoms with van der Waals surface area (Å²) in [7, 11) is 0. The number of amides is 2. The van der Waals surface area contributed by atoms with Crippen LogP contribution in [0.25, 0.3) is 0 Å². The fraction of sp³-hybridized carbons (Fsp3) is 0.417. The van der Waals surface area contributed by atoms with Gasteiger partial charge >= 0.3 is 0 Å². The lowest BCUT2D eigenvalue weighted by molar-refractivity contribution is -0.140. The van der Waals surface area contributed by atoms with Crippen LogP contribution in [0.5, 0.6) is 5.75 Å². The van der Waals surface area contributed by atoms with E-state index in [1.165, 1.54) is 17.0 Å². The van der Waals surface area contributed by atoms with Crippen LogP contribution < -0.4 is 10.1 Å². The minimum absolute atomic E-state index is 0.156. The molecule has 1 unspecified atom stereocenters. The molecule has 5 nitrogen and oxygen atoms in total. The Morgan fingerprint density at radius 3 is 2.32 bits per heavy atom. The van der Waals surface area contributed by atoms with Gasteiger partial charge < -0.3 is 15.0 Å². The van der Waals surface area contributed by atoms with Gasteiger partial charge in [0.05, 0.1) is 6.61 Å². The van der Waals surface area contributed by atoms with E-state index in [0.717, 1.165) is 5.56 Å². The van der Waals surface area contributed by atoms with Gasteiger partial charge in [-0.1, -0.05) is 37.6 Å². The molecule has 31 heavy (non-hydrogen) atoms. The van der Waals surface area contributed by atoms with Crippen molar-refractivity contribution in [1.29, 1.82) is 0 Å². The minimum Gasteiger partial charge on any atom is -0.494 e. The van der Waals surface area contributed by atoms with Gasteiger partial charge in [-0.3, -0.25) is 9.59 Å². The minimum atomic E-state index is -0.645. The average molecular weight is 449 g/mol. The van der Waals surface area contributed by atoms with Gasteiger partial charge in [0.15, 0.2) is 0 Å². The van der Waals surface area contributed by atoms with Gasteiger partial charge in [0.2, 0.25) is 11.8 Å². The second-order valence-electron chi connectivity index (χ2n) is 7.87. The van der Waals surface area contributed by atoms with Gasteiger partial charge in [-0.15, -0.1) is 0 Å². The summed E-state index contributed by atoms with van der Waals surface area (Å²) in [5, 5.41) is 3.51. The van der Waals surface area contributed by atoms with Crippen molar-refractivity contribution in [3.63, 3.8) is 0 Å². The number of carbonyl (C=O) groups is 2. The van der Waals surface area contributed by atoms with Crippen LogP contribution in [-0.2, 0) is 16.1 Å². The number of hydrogen-bond acceptors (Lipinski definition) is 3. The van der Waals surface area contributed by atoms with Crippen LogP contribution in [-0.4, -0.2) is 35.9 Å². The number of hydrogen-bond donors (Lipinski definition) is 1. The molecule has 0 saturated carbocycles. The number of nitrogens with one attached hydrogen (secondary N) is 1. The summed E-state index contributed by atoms with van der Waals surface area (Å²) in [5.74, 6) is 0.283. The Labute approximate surface area is 188 Å². The van der Waals surface area contributed by atoms with Crippen LogP contribution in [0.3, 0.4) is 0 Å². The highest BCUT2D eigenvalue weighted by Gasteiger charge is 2.25. The molecule has 0 bridgehead atoms. The van der Waals surface area contributed by atoms with Crippen molar-refractivity contribution in [2.45, 2.75) is 46.2 Å². The Bertz CT molecular complexity index is 841. The lowest BCUT2D eigenvalue weighted by atomic mass is 10.1. The Morgan fingerprint density at radius 2 is 1.71 bits per heavy atom. The fourth-order valence-electron chi connectivity index (χ4n) is 2.91. The van der Waals surface area contributed by atoms with E-state index in [2.05, 4.69) is 5.32 Å². The van der Waals surface area contributed by atoms with Gasteiger partial charge in [0.25, 0.3) is 0 Å². The zero-order chi connectivity index (χ0) is 22.8. The summed E-state index contributed by atoms with van der Waals surface area (Å²) in [6.07, 6.45) is 0.734. The summed E-state index contributed by atoms with van der Waals surface area (Å²) in [5.41, 5.74) is 0.760. The largest absolute Gasteiger partial charge is 0.494 e. The molecule has 0 saturated heterocycles. The maximum atomic E-state index is 13.2. The van der Waals surface area contributed by atoms with Crippen molar-refractivity contribution in [2.75, 3.05) is 13.2 Å². The molecule has 0 spiro atoms. The Morgan fingerprint density at radius 1 is 1.06 bits per heavy atom. The SMILES string of the molecule is CC(C)CNC(=O)C(C)N(Cc1ccc(F)cc1)C(=O)CCCOc1ccc(Cl)cc1. The summed E-state index contributed by atoms with van der Waals surface area (Å²) >= 11 is 5.86. The third-order valence-electron chi connectivity index (χ3n) is 4.74. The molecule has 2 amide bonds. The molecule has 0 aliphatic carbocycles. The van der Waals surface area contributed by atoms with E-state index in [1.54, 1.807) is 43.3 Å². The van der Waals surface area contributed by atoms with Crippen molar-refractivity contribution in [1.82, 2.24) is 10.2 Å². The molecule has 0 aliphatic rings. The van der Waals surface area contributed by atoms with Crippen molar-refractivity contribution < 1.29 is 18.7 Å². The van der Waals surface area contributed by atoms with Crippen LogP contribution in [0.2, 0.25) is 5.02 Å². The van der Waals surface area contributed by atoms with E-state index >= 15 is 0 Å². The molecule has 168 valence electrons. The van der Waals surface area contributed by atoms with Crippen LogP contribution in [0.15, 0.2) is 48.5 Å². The first-order valence-corrected chi connectivity index (χ1v) is 10.8. The smallest absolute Gasteiger partial charge is 0.242 e. The monoisotopic (exact) mass is 448 g/mol. The molecular weight excluding hydrogens is 419 g/mol. The maximum absolute atomic E-state index is 13.2. The molecule has 2 aromatic carbocycles. The number of carbonyl (C=O) groups excluding carboxylic acids is 2. The number of halogens is 2. The quantitative estimate of drug-likeness (QED) is 0.501. The first-order valence-electron chi connectivity index (χ1n) is 10.5. The van der Waals surface area contributed by atoms with Gasteiger partial charge in [-0.25, -0.2) is 4.39 Å².